The highest BCUT2D eigenvalue weighted by atomic mass is 35.5. The third-order valence-electron chi connectivity index (χ3n) is 9.87. The number of rotatable bonds is 10. The van der Waals surface area contributed by atoms with E-state index in [0.717, 1.165) is 85.8 Å². The normalized spacial score (nSPS) is 19.2. The monoisotopic (exact) mass is 627 g/mol. The van der Waals surface area contributed by atoms with Crippen LogP contribution in [0.2, 0.25) is 10.0 Å². The van der Waals surface area contributed by atoms with Gasteiger partial charge in [0.2, 0.25) is 0 Å². The quantitative estimate of drug-likeness (QED) is 0.136. The Bertz CT molecular complexity index is 1730. The van der Waals surface area contributed by atoms with Crippen molar-refractivity contribution in [3.8, 4) is 0 Å². The minimum atomic E-state index is 0.555. The number of nitrogens with zero attached hydrogens (tertiary/aromatic N) is 3. The summed E-state index contributed by atoms with van der Waals surface area (Å²) in [6.45, 7) is 6.30. The van der Waals surface area contributed by atoms with E-state index in [9.17, 15) is 0 Å². The molecule has 0 amide bonds. The fourth-order valence-electron chi connectivity index (χ4n) is 7.91. The van der Waals surface area contributed by atoms with Crippen LogP contribution in [0.25, 0.3) is 21.8 Å². The Labute approximate surface area is 271 Å². The van der Waals surface area contributed by atoms with E-state index < -0.39 is 0 Å². The molecule has 5 nitrogen and oxygen atoms in total. The molecular weight excluding hydrogens is 585 g/mol. The average molecular weight is 629 g/mol. The van der Waals surface area contributed by atoms with Gasteiger partial charge >= 0.3 is 0 Å². The molecule has 44 heavy (non-hydrogen) atoms. The summed E-state index contributed by atoms with van der Waals surface area (Å²) >= 11 is 12.7. The Morgan fingerprint density at radius 1 is 0.818 bits per heavy atom. The molecular formula is C37H43Cl2N5. The highest BCUT2D eigenvalue weighted by Crippen LogP contribution is 2.47. The van der Waals surface area contributed by atoms with Crippen molar-refractivity contribution >= 4 is 56.4 Å². The predicted octanol–water partition coefficient (Wildman–Crippen LogP) is 9.20. The van der Waals surface area contributed by atoms with Crippen LogP contribution in [0.3, 0.4) is 0 Å². The topological polar surface area (TPSA) is 53.1 Å². The van der Waals surface area contributed by atoms with Gasteiger partial charge in [0.25, 0.3) is 0 Å². The summed E-state index contributed by atoms with van der Waals surface area (Å²) in [6, 6.07) is 12.3. The van der Waals surface area contributed by atoms with Gasteiger partial charge in [-0.05, 0) is 139 Å². The second-order valence-corrected chi connectivity index (χ2v) is 14.1. The predicted molar refractivity (Wildman–Crippen MR) is 187 cm³/mol. The molecule has 2 bridgehead atoms. The van der Waals surface area contributed by atoms with Crippen molar-refractivity contribution in [2.45, 2.75) is 70.6 Å². The fraction of sp³-hybridized carbons (Fsp3) is 0.459. The summed E-state index contributed by atoms with van der Waals surface area (Å²) in [6.07, 6.45) is 12.7. The summed E-state index contributed by atoms with van der Waals surface area (Å²) in [7, 11) is 2.24. The summed E-state index contributed by atoms with van der Waals surface area (Å²) in [5, 5.41) is 11.6. The van der Waals surface area contributed by atoms with Gasteiger partial charge in [-0.15, -0.1) is 0 Å². The van der Waals surface area contributed by atoms with Gasteiger partial charge < -0.3 is 15.5 Å². The first-order valence-corrected chi connectivity index (χ1v) is 17.2. The molecule has 0 unspecified atom stereocenters. The third kappa shape index (κ3) is 6.16. The van der Waals surface area contributed by atoms with Crippen LogP contribution in [0.4, 0.5) is 11.4 Å². The molecule has 0 saturated carbocycles. The van der Waals surface area contributed by atoms with Crippen molar-refractivity contribution in [3.05, 3.63) is 80.6 Å². The maximum absolute atomic E-state index is 6.39. The van der Waals surface area contributed by atoms with Gasteiger partial charge in [-0.3, -0.25) is 9.97 Å². The Morgan fingerprint density at radius 2 is 1.45 bits per heavy atom. The number of allylic oxidation sites excluding steroid dienone is 2. The number of fused-ring (bicyclic) bond motifs is 7. The van der Waals surface area contributed by atoms with Crippen molar-refractivity contribution in [3.63, 3.8) is 0 Å². The second kappa shape index (κ2) is 12.9. The molecule has 2 aromatic heterocycles. The summed E-state index contributed by atoms with van der Waals surface area (Å²) in [4.78, 5) is 12.6. The fourth-order valence-corrected chi connectivity index (χ4v) is 8.25. The van der Waals surface area contributed by atoms with Crippen molar-refractivity contribution in [1.29, 1.82) is 0 Å². The maximum Gasteiger partial charge on any atom is 0.0741 e. The van der Waals surface area contributed by atoms with Gasteiger partial charge in [0, 0.05) is 62.2 Å². The molecule has 230 valence electrons. The van der Waals surface area contributed by atoms with Crippen LogP contribution >= 0.6 is 23.2 Å². The lowest BCUT2D eigenvalue weighted by molar-refractivity contribution is 0.331. The number of benzene rings is 2. The van der Waals surface area contributed by atoms with Crippen LogP contribution in [0.15, 0.2) is 48.0 Å². The number of aryl methyl sites for hydroxylation is 1. The minimum absolute atomic E-state index is 0.555. The van der Waals surface area contributed by atoms with Crippen LogP contribution in [-0.4, -0.2) is 48.1 Å². The third-order valence-corrected chi connectivity index (χ3v) is 10.3. The zero-order chi connectivity index (χ0) is 30.2. The van der Waals surface area contributed by atoms with E-state index in [4.69, 9.17) is 33.2 Å². The van der Waals surface area contributed by atoms with Gasteiger partial charge in [0.05, 0.1) is 11.0 Å². The van der Waals surface area contributed by atoms with E-state index in [0.29, 0.717) is 11.8 Å². The van der Waals surface area contributed by atoms with Crippen molar-refractivity contribution < 1.29 is 0 Å². The van der Waals surface area contributed by atoms with Crippen molar-refractivity contribution in [2.75, 3.05) is 43.9 Å². The molecule has 0 aliphatic heterocycles. The first kappa shape index (κ1) is 29.8. The smallest absolute Gasteiger partial charge is 0.0741 e. The highest BCUT2D eigenvalue weighted by molar-refractivity contribution is 6.31. The van der Waals surface area contributed by atoms with E-state index >= 15 is 0 Å². The maximum atomic E-state index is 6.39. The van der Waals surface area contributed by atoms with E-state index in [2.05, 4.69) is 47.7 Å². The zero-order valence-electron chi connectivity index (χ0n) is 26.0. The molecule has 4 aromatic rings. The molecule has 3 aliphatic rings. The molecule has 2 atom stereocenters. The lowest BCUT2D eigenvalue weighted by atomic mass is 9.71. The summed E-state index contributed by atoms with van der Waals surface area (Å²) in [5.41, 5.74) is 11.5. The standard InChI is InChI=1S/C37H43Cl2N5/c1-23-17-24-19-25(18-23)35-34(20-24)43-33-22-27(39)10-12-30(33)37(35)41-14-6-16-44(2)15-5-13-40-36-28-7-3-4-8-31(28)42-32-21-26(38)9-11-29(32)36/h9-12,17,21-22,24-25H,3-8,13-16,18-20H2,1-2H3,(H,40,42)(H,41,43)/t24-,25+/m1/s1. The van der Waals surface area contributed by atoms with E-state index in [1.807, 2.05) is 24.3 Å². The number of halogens is 2. The van der Waals surface area contributed by atoms with E-state index in [-0.39, 0.29) is 0 Å². The first-order valence-electron chi connectivity index (χ1n) is 16.5. The molecule has 2 N–H and O–H groups in total. The lowest BCUT2D eigenvalue weighted by Gasteiger charge is -2.36. The first-order chi connectivity index (χ1) is 21.4. The Balaban J connectivity index is 0.961. The van der Waals surface area contributed by atoms with Crippen LogP contribution < -0.4 is 10.6 Å². The second-order valence-electron chi connectivity index (χ2n) is 13.3. The van der Waals surface area contributed by atoms with Crippen LogP contribution in [-0.2, 0) is 19.3 Å². The summed E-state index contributed by atoms with van der Waals surface area (Å²) in [5.74, 6) is 1.17. The van der Waals surface area contributed by atoms with Crippen molar-refractivity contribution in [1.82, 2.24) is 14.9 Å². The molecule has 0 radical (unpaired) electrons. The molecule has 0 fully saturated rings. The lowest BCUT2D eigenvalue weighted by Crippen LogP contribution is -2.26. The van der Waals surface area contributed by atoms with Gasteiger partial charge in [0.15, 0.2) is 0 Å². The molecule has 2 aromatic carbocycles. The minimum Gasteiger partial charge on any atom is -0.384 e. The van der Waals surface area contributed by atoms with E-state index in [1.165, 1.54) is 69.5 Å². The molecule has 0 spiro atoms. The number of aromatic nitrogens is 2. The summed E-state index contributed by atoms with van der Waals surface area (Å²) < 4.78 is 0. The average Bonchev–Trinajstić information content (AvgIpc) is 2.99. The van der Waals surface area contributed by atoms with Gasteiger partial charge in [-0.2, -0.15) is 0 Å². The number of hydrogen-bond donors (Lipinski definition) is 2. The molecule has 7 heteroatoms. The molecule has 3 aliphatic carbocycles. The zero-order valence-corrected chi connectivity index (χ0v) is 27.5. The number of hydrogen-bond acceptors (Lipinski definition) is 5. The van der Waals surface area contributed by atoms with Gasteiger partial charge in [-0.1, -0.05) is 34.9 Å². The van der Waals surface area contributed by atoms with E-state index in [1.54, 1.807) is 0 Å². The number of anilines is 2. The molecule has 0 saturated heterocycles. The van der Waals surface area contributed by atoms with Crippen LogP contribution in [0.1, 0.15) is 73.9 Å². The molecule has 7 rings (SSSR count). The Kier molecular flexibility index (Phi) is 8.72. The molecule has 2 heterocycles. The van der Waals surface area contributed by atoms with Gasteiger partial charge in [0.1, 0.15) is 0 Å². The van der Waals surface area contributed by atoms with Gasteiger partial charge in [-0.25, -0.2) is 0 Å². The Hall–Kier alpha value is -2.86. The highest BCUT2D eigenvalue weighted by Gasteiger charge is 2.33. The number of nitrogens with one attached hydrogen (secondary N) is 2. The number of pyridine rings is 2. The van der Waals surface area contributed by atoms with Crippen molar-refractivity contribution in [2.24, 2.45) is 5.92 Å². The SMILES string of the molecule is CC1=C[C@H]2Cc3nc4cc(Cl)ccc4c(NCCCN(C)CCCNc4c5c(nc6cc(Cl)ccc46)CCCC5)c3[C@@H](C1)C2. The van der Waals surface area contributed by atoms with Crippen LogP contribution in [0, 0.1) is 5.92 Å². The van der Waals surface area contributed by atoms with Crippen LogP contribution in [0.5, 0.6) is 0 Å². The largest absolute Gasteiger partial charge is 0.384 e. The Morgan fingerprint density at radius 3 is 2.18 bits per heavy atom.